The third-order valence-corrected chi connectivity index (χ3v) is 2.13. The van der Waals surface area contributed by atoms with Crippen molar-refractivity contribution < 1.29 is 19.0 Å². The van der Waals surface area contributed by atoms with Gasteiger partial charge in [0, 0.05) is 6.07 Å². The lowest BCUT2D eigenvalue weighted by Crippen LogP contribution is -1.95. The number of ether oxygens (including phenoxy) is 1. The van der Waals surface area contributed by atoms with Gasteiger partial charge in [0.15, 0.2) is 0 Å². The largest absolute Gasteiger partial charge is 0.478 e. The van der Waals surface area contributed by atoms with Crippen molar-refractivity contribution in [2.75, 3.05) is 0 Å². The Bertz CT molecular complexity index is 535. The van der Waals surface area contributed by atoms with Crippen LogP contribution in [0.25, 0.3) is 0 Å². The second-order valence-corrected chi connectivity index (χ2v) is 3.39. The minimum Gasteiger partial charge on any atom is -0.478 e. The van der Waals surface area contributed by atoms with E-state index in [1.807, 2.05) is 0 Å². The molecule has 2 aromatic carbocycles. The summed E-state index contributed by atoms with van der Waals surface area (Å²) in [5.74, 6) is -0.555. The molecule has 0 fully saturated rings. The molecule has 1 N–H and O–H groups in total. The fourth-order valence-electron chi connectivity index (χ4n) is 1.33. The molecule has 0 amide bonds. The molecule has 0 saturated carbocycles. The molecule has 4 heteroatoms. The molecule has 0 atom stereocenters. The molecule has 0 spiro atoms. The van der Waals surface area contributed by atoms with E-state index >= 15 is 0 Å². The van der Waals surface area contributed by atoms with E-state index in [2.05, 4.69) is 0 Å². The molecule has 0 heterocycles. The van der Waals surface area contributed by atoms with E-state index in [9.17, 15) is 9.18 Å². The summed E-state index contributed by atoms with van der Waals surface area (Å²) < 4.78 is 18.2. The molecule has 86 valence electrons. The number of hydrogen-bond acceptors (Lipinski definition) is 2. The molecule has 0 aromatic heterocycles. The van der Waals surface area contributed by atoms with Gasteiger partial charge in [0.1, 0.15) is 17.3 Å². The smallest absolute Gasteiger partial charge is 0.335 e. The van der Waals surface area contributed by atoms with Gasteiger partial charge in [-0.15, -0.1) is 0 Å². The molecule has 0 aliphatic heterocycles. The standard InChI is InChI=1S/C13H9FO3/c14-10-2-1-3-12(8-10)17-11-6-4-9(5-7-11)13(15)16/h1-8H,(H,15,16). The number of carboxylic acid groups (broad SMARTS) is 1. The molecular weight excluding hydrogens is 223 g/mol. The molecule has 0 saturated heterocycles. The molecule has 17 heavy (non-hydrogen) atoms. The van der Waals surface area contributed by atoms with Gasteiger partial charge in [-0.25, -0.2) is 9.18 Å². The fraction of sp³-hybridized carbons (Fsp3) is 0. The third kappa shape index (κ3) is 2.81. The average molecular weight is 232 g/mol. The highest BCUT2D eigenvalue weighted by Gasteiger charge is 2.03. The van der Waals surface area contributed by atoms with Crippen LogP contribution < -0.4 is 4.74 Å². The zero-order chi connectivity index (χ0) is 12.3. The quantitative estimate of drug-likeness (QED) is 0.882. The maximum atomic E-state index is 12.9. The summed E-state index contributed by atoms with van der Waals surface area (Å²) in [5.41, 5.74) is 0.177. The second kappa shape index (κ2) is 4.65. The van der Waals surface area contributed by atoms with Gasteiger partial charge in [-0.2, -0.15) is 0 Å². The van der Waals surface area contributed by atoms with Crippen molar-refractivity contribution in [2.45, 2.75) is 0 Å². The molecule has 2 aromatic rings. The van der Waals surface area contributed by atoms with Crippen molar-refractivity contribution in [3.8, 4) is 11.5 Å². The maximum absolute atomic E-state index is 12.9. The zero-order valence-corrected chi connectivity index (χ0v) is 8.76. The van der Waals surface area contributed by atoms with Crippen molar-refractivity contribution >= 4 is 5.97 Å². The van der Waals surface area contributed by atoms with Crippen LogP contribution in [-0.2, 0) is 0 Å². The number of benzene rings is 2. The fourth-order valence-corrected chi connectivity index (χ4v) is 1.33. The van der Waals surface area contributed by atoms with E-state index in [-0.39, 0.29) is 11.4 Å². The summed E-state index contributed by atoms with van der Waals surface area (Å²) in [6, 6.07) is 11.6. The topological polar surface area (TPSA) is 46.5 Å². The molecule has 0 unspecified atom stereocenters. The van der Waals surface area contributed by atoms with Crippen molar-refractivity contribution in [1.82, 2.24) is 0 Å². The summed E-state index contributed by atoms with van der Waals surface area (Å²) in [6.07, 6.45) is 0. The van der Waals surface area contributed by atoms with E-state index < -0.39 is 5.97 Å². The Balaban J connectivity index is 2.16. The Kier molecular flexibility index (Phi) is 3.05. The molecule has 0 radical (unpaired) electrons. The van der Waals surface area contributed by atoms with Gasteiger partial charge >= 0.3 is 5.97 Å². The van der Waals surface area contributed by atoms with Crippen LogP contribution in [0, 0.1) is 5.82 Å². The van der Waals surface area contributed by atoms with E-state index in [4.69, 9.17) is 9.84 Å². The number of carboxylic acids is 1. The summed E-state index contributed by atoms with van der Waals surface area (Å²) >= 11 is 0. The van der Waals surface area contributed by atoms with Crippen molar-refractivity contribution in [3.05, 3.63) is 59.9 Å². The van der Waals surface area contributed by atoms with Crippen LogP contribution in [0.1, 0.15) is 10.4 Å². The zero-order valence-electron chi connectivity index (χ0n) is 8.76. The number of aromatic carboxylic acids is 1. The normalized spacial score (nSPS) is 9.94. The summed E-state index contributed by atoms with van der Waals surface area (Å²) in [7, 11) is 0. The monoisotopic (exact) mass is 232 g/mol. The van der Waals surface area contributed by atoms with E-state index in [0.717, 1.165) is 0 Å². The van der Waals surface area contributed by atoms with E-state index in [1.165, 1.54) is 42.5 Å². The van der Waals surface area contributed by atoms with Crippen molar-refractivity contribution in [1.29, 1.82) is 0 Å². The Morgan fingerprint density at radius 2 is 1.76 bits per heavy atom. The first-order valence-corrected chi connectivity index (χ1v) is 4.92. The Labute approximate surface area is 97.1 Å². The van der Waals surface area contributed by atoms with Gasteiger partial charge in [0.25, 0.3) is 0 Å². The lowest BCUT2D eigenvalue weighted by atomic mass is 10.2. The van der Waals surface area contributed by atoms with Crippen LogP contribution in [0.3, 0.4) is 0 Å². The predicted octanol–water partition coefficient (Wildman–Crippen LogP) is 3.32. The third-order valence-electron chi connectivity index (χ3n) is 2.13. The van der Waals surface area contributed by atoms with Crippen LogP contribution >= 0.6 is 0 Å². The summed E-state index contributed by atoms with van der Waals surface area (Å²) in [5, 5.41) is 8.71. The van der Waals surface area contributed by atoms with Gasteiger partial charge in [-0.3, -0.25) is 0 Å². The van der Waals surface area contributed by atoms with Gasteiger partial charge in [0.05, 0.1) is 5.56 Å². The minimum absolute atomic E-state index is 0.177. The minimum atomic E-state index is -0.998. The van der Waals surface area contributed by atoms with Gasteiger partial charge in [0.2, 0.25) is 0 Å². The molecule has 2 rings (SSSR count). The highest BCUT2D eigenvalue weighted by Crippen LogP contribution is 2.22. The van der Waals surface area contributed by atoms with Crippen LogP contribution in [-0.4, -0.2) is 11.1 Å². The number of rotatable bonds is 3. The highest BCUT2D eigenvalue weighted by molar-refractivity contribution is 5.87. The first-order valence-electron chi connectivity index (χ1n) is 4.92. The lowest BCUT2D eigenvalue weighted by molar-refractivity contribution is 0.0697. The number of carbonyl (C=O) groups is 1. The lowest BCUT2D eigenvalue weighted by Gasteiger charge is -2.05. The number of hydrogen-bond donors (Lipinski definition) is 1. The van der Waals surface area contributed by atoms with E-state index in [0.29, 0.717) is 11.5 Å². The maximum Gasteiger partial charge on any atom is 0.335 e. The molecule has 3 nitrogen and oxygen atoms in total. The SMILES string of the molecule is O=C(O)c1ccc(Oc2cccc(F)c2)cc1. The Hall–Kier alpha value is -2.36. The predicted molar refractivity (Wildman–Crippen MR) is 59.9 cm³/mol. The highest BCUT2D eigenvalue weighted by atomic mass is 19.1. The van der Waals surface area contributed by atoms with Gasteiger partial charge in [-0.1, -0.05) is 6.07 Å². The van der Waals surface area contributed by atoms with Crippen LogP contribution in [0.15, 0.2) is 48.5 Å². The second-order valence-electron chi connectivity index (χ2n) is 3.39. The first-order chi connectivity index (χ1) is 8.15. The molecular formula is C13H9FO3. The first kappa shape index (κ1) is 11.1. The summed E-state index contributed by atoms with van der Waals surface area (Å²) in [6.45, 7) is 0. The summed E-state index contributed by atoms with van der Waals surface area (Å²) in [4.78, 5) is 10.6. The van der Waals surface area contributed by atoms with Crippen molar-refractivity contribution in [3.63, 3.8) is 0 Å². The van der Waals surface area contributed by atoms with Gasteiger partial charge in [-0.05, 0) is 36.4 Å². The van der Waals surface area contributed by atoms with Crippen LogP contribution in [0.2, 0.25) is 0 Å². The van der Waals surface area contributed by atoms with Gasteiger partial charge < -0.3 is 9.84 Å². The number of halogens is 1. The van der Waals surface area contributed by atoms with Crippen LogP contribution in [0.5, 0.6) is 11.5 Å². The van der Waals surface area contributed by atoms with Crippen LogP contribution in [0.4, 0.5) is 4.39 Å². The van der Waals surface area contributed by atoms with E-state index in [1.54, 1.807) is 6.07 Å². The average Bonchev–Trinajstić information content (AvgIpc) is 2.29. The van der Waals surface area contributed by atoms with Crippen molar-refractivity contribution in [2.24, 2.45) is 0 Å². The molecule has 0 bridgehead atoms. The molecule has 0 aliphatic rings. The Morgan fingerprint density at radius 3 is 2.35 bits per heavy atom. The molecule has 0 aliphatic carbocycles. The Morgan fingerprint density at radius 1 is 1.06 bits per heavy atom.